The second-order valence-electron chi connectivity index (χ2n) is 3.15. The summed E-state index contributed by atoms with van der Waals surface area (Å²) >= 11 is 3.51. The molecule has 1 heteroatoms. The second kappa shape index (κ2) is 3.93. The van der Waals surface area contributed by atoms with E-state index in [1.165, 1.54) is 5.56 Å². The van der Waals surface area contributed by atoms with Gasteiger partial charge in [-0.3, -0.25) is 0 Å². The number of hydrogen-bond donors (Lipinski definition) is 0. The van der Waals surface area contributed by atoms with Crippen molar-refractivity contribution in [1.82, 2.24) is 0 Å². The van der Waals surface area contributed by atoms with E-state index in [2.05, 4.69) is 64.5 Å². The van der Waals surface area contributed by atoms with Crippen molar-refractivity contribution in [1.29, 1.82) is 0 Å². The maximum atomic E-state index is 3.51. The van der Waals surface area contributed by atoms with Crippen LogP contribution in [0.3, 0.4) is 0 Å². The molecule has 0 nitrogen and oxygen atoms in total. The Balaban J connectivity index is 2.20. The molecule has 1 aliphatic rings. The maximum absolute atomic E-state index is 3.51. The third kappa shape index (κ3) is 2.10. The summed E-state index contributed by atoms with van der Waals surface area (Å²) in [5.74, 6) is 0.454. The molecule has 0 radical (unpaired) electrons. The highest BCUT2D eigenvalue weighted by atomic mass is 79.9. The minimum absolute atomic E-state index is 0.410. The van der Waals surface area contributed by atoms with Crippen LogP contribution >= 0.6 is 15.9 Å². The van der Waals surface area contributed by atoms with Gasteiger partial charge in [-0.1, -0.05) is 70.6 Å². The SMILES string of the molecule is BrC1C=CC(c2ccccc2)C=C1. The first-order valence-corrected chi connectivity index (χ1v) is 5.33. The molecule has 0 aliphatic heterocycles. The first-order valence-electron chi connectivity index (χ1n) is 4.42. The molecule has 1 aromatic rings. The Bertz CT molecular complexity index is 310. The lowest BCUT2D eigenvalue weighted by atomic mass is 9.95. The molecule has 13 heavy (non-hydrogen) atoms. The Morgan fingerprint density at radius 2 is 1.46 bits per heavy atom. The molecule has 1 aromatic carbocycles. The quantitative estimate of drug-likeness (QED) is 0.514. The van der Waals surface area contributed by atoms with Crippen molar-refractivity contribution >= 4 is 15.9 Å². The Kier molecular flexibility index (Phi) is 2.65. The predicted octanol–water partition coefficient (Wildman–Crippen LogP) is 3.66. The standard InChI is InChI=1S/C12H11Br/c13-12-8-6-11(7-9-12)10-4-2-1-3-5-10/h1-9,11-12H. The van der Waals surface area contributed by atoms with Crippen LogP contribution in [0.1, 0.15) is 11.5 Å². The van der Waals surface area contributed by atoms with Crippen LogP contribution < -0.4 is 0 Å². The normalized spacial score (nSPS) is 26.2. The van der Waals surface area contributed by atoms with Gasteiger partial charge in [0.05, 0.1) is 4.83 Å². The minimum Gasteiger partial charge on any atom is -0.0800 e. The minimum atomic E-state index is 0.410. The fourth-order valence-electron chi connectivity index (χ4n) is 1.48. The average Bonchev–Trinajstić information content (AvgIpc) is 2.20. The Hall–Kier alpha value is -0.820. The summed E-state index contributed by atoms with van der Waals surface area (Å²) in [5.41, 5.74) is 1.36. The molecule has 66 valence electrons. The number of allylic oxidation sites excluding steroid dienone is 4. The van der Waals surface area contributed by atoms with E-state index in [-0.39, 0.29) is 0 Å². The highest BCUT2D eigenvalue weighted by Gasteiger charge is 2.08. The van der Waals surface area contributed by atoms with E-state index >= 15 is 0 Å². The molecule has 0 N–H and O–H groups in total. The first kappa shape index (κ1) is 8.76. The summed E-state index contributed by atoms with van der Waals surface area (Å²) in [6.45, 7) is 0. The van der Waals surface area contributed by atoms with Crippen molar-refractivity contribution in [3.63, 3.8) is 0 Å². The van der Waals surface area contributed by atoms with Crippen LogP contribution in [0.2, 0.25) is 0 Å². The van der Waals surface area contributed by atoms with Crippen molar-refractivity contribution in [3.8, 4) is 0 Å². The van der Waals surface area contributed by atoms with Gasteiger partial charge in [0.15, 0.2) is 0 Å². The largest absolute Gasteiger partial charge is 0.0800 e. The number of alkyl halides is 1. The Morgan fingerprint density at radius 3 is 2.08 bits per heavy atom. The van der Waals surface area contributed by atoms with Crippen molar-refractivity contribution in [2.75, 3.05) is 0 Å². The topological polar surface area (TPSA) is 0 Å². The molecular weight excluding hydrogens is 224 g/mol. The van der Waals surface area contributed by atoms with E-state index in [0.29, 0.717) is 10.7 Å². The van der Waals surface area contributed by atoms with Crippen molar-refractivity contribution in [2.24, 2.45) is 0 Å². The maximum Gasteiger partial charge on any atom is 0.0506 e. The molecule has 0 atom stereocenters. The van der Waals surface area contributed by atoms with Gasteiger partial charge >= 0.3 is 0 Å². The number of benzene rings is 1. The van der Waals surface area contributed by atoms with Gasteiger partial charge in [-0.25, -0.2) is 0 Å². The summed E-state index contributed by atoms with van der Waals surface area (Å²) in [7, 11) is 0. The first-order chi connectivity index (χ1) is 6.36. The smallest absolute Gasteiger partial charge is 0.0506 e. The van der Waals surface area contributed by atoms with E-state index < -0.39 is 0 Å². The van der Waals surface area contributed by atoms with Gasteiger partial charge < -0.3 is 0 Å². The fourth-order valence-corrected chi connectivity index (χ4v) is 1.83. The zero-order chi connectivity index (χ0) is 9.10. The summed E-state index contributed by atoms with van der Waals surface area (Å²) in [4.78, 5) is 0.410. The molecule has 0 aromatic heterocycles. The lowest BCUT2D eigenvalue weighted by Gasteiger charge is -2.13. The van der Waals surface area contributed by atoms with Gasteiger partial charge in [0.25, 0.3) is 0 Å². The van der Waals surface area contributed by atoms with E-state index in [1.54, 1.807) is 0 Å². The monoisotopic (exact) mass is 234 g/mol. The van der Waals surface area contributed by atoms with Crippen LogP contribution in [0.25, 0.3) is 0 Å². The van der Waals surface area contributed by atoms with Crippen molar-refractivity contribution < 1.29 is 0 Å². The average molecular weight is 235 g/mol. The fraction of sp³-hybridized carbons (Fsp3) is 0.167. The molecule has 0 spiro atoms. The molecule has 0 bridgehead atoms. The van der Waals surface area contributed by atoms with Gasteiger partial charge in [0.1, 0.15) is 0 Å². The van der Waals surface area contributed by atoms with Crippen LogP contribution in [0, 0.1) is 0 Å². The molecule has 0 amide bonds. The van der Waals surface area contributed by atoms with Crippen molar-refractivity contribution in [2.45, 2.75) is 10.7 Å². The summed E-state index contributed by atoms with van der Waals surface area (Å²) in [6.07, 6.45) is 8.82. The highest BCUT2D eigenvalue weighted by Crippen LogP contribution is 2.24. The van der Waals surface area contributed by atoms with Crippen LogP contribution in [0.4, 0.5) is 0 Å². The molecule has 0 fully saturated rings. The molecular formula is C12H11Br. The zero-order valence-electron chi connectivity index (χ0n) is 7.23. The lowest BCUT2D eigenvalue weighted by Crippen LogP contribution is -1.99. The van der Waals surface area contributed by atoms with E-state index in [0.717, 1.165) is 0 Å². The van der Waals surface area contributed by atoms with Gasteiger partial charge in [-0.15, -0.1) is 0 Å². The molecule has 0 unspecified atom stereocenters. The molecule has 0 heterocycles. The predicted molar refractivity (Wildman–Crippen MR) is 60.2 cm³/mol. The molecule has 2 rings (SSSR count). The highest BCUT2D eigenvalue weighted by molar-refractivity contribution is 9.09. The third-order valence-corrected chi connectivity index (χ3v) is 2.80. The van der Waals surface area contributed by atoms with E-state index in [1.807, 2.05) is 6.07 Å². The molecule has 1 aliphatic carbocycles. The number of rotatable bonds is 1. The number of hydrogen-bond acceptors (Lipinski definition) is 0. The summed E-state index contributed by atoms with van der Waals surface area (Å²) in [5, 5.41) is 0. The van der Waals surface area contributed by atoms with Gasteiger partial charge in [-0.05, 0) is 5.56 Å². The van der Waals surface area contributed by atoms with Gasteiger partial charge in [0, 0.05) is 5.92 Å². The lowest BCUT2D eigenvalue weighted by molar-refractivity contribution is 1.04. The van der Waals surface area contributed by atoms with Crippen molar-refractivity contribution in [3.05, 3.63) is 60.2 Å². The molecule has 0 saturated heterocycles. The van der Waals surface area contributed by atoms with E-state index in [4.69, 9.17) is 0 Å². The third-order valence-electron chi connectivity index (χ3n) is 2.19. The Labute approximate surface area is 87.1 Å². The van der Waals surface area contributed by atoms with Gasteiger partial charge in [0.2, 0.25) is 0 Å². The number of halogens is 1. The van der Waals surface area contributed by atoms with Crippen LogP contribution in [0.5, 0.6) is 0 Å². The van der Waals surface area contributed by atoms with E-state index in [9.17, 15) is 0 Å². The molecule has 0 saturated carbocycles. The van der Waals surface area contributed by atoms with Crippen LogP contribution in [-0.2, 0) is 0 Å². The van der Waals surface area contributed by atoms with Gasteiger partial charge in [-0.2, -0.15) is 0 Å². The van der Waals surface area contributed by atoms with Crippen LogP contribution in [-0.4, -0.2) is 4.83 Å². The Morgan fingerprint density at radius 1 is 0.846 bits per heavy atom. The summed E-state index contributed by atoms with van der Waals surface area (Å²) in [6, 6.07) is 10.5. The van der Waals surface area contributed by atoms with Crippen LogP contribution in [0.15, 0.2) is 54.6 Å². The zero-order valence-corrected chi connectivity index (χ0v) is 8.81. The second-order valence-corrected chi connectivity index (χ2v) is 4.21. The summed E-state index contributed by atoms with van der Waals surface area (Å²) < 4.78 is 0.